The molecular formula is C17H15N3. The lowest BCUT2D eigenvalue weighted by Gasteiger charge is -2.24. The maximum Gasteiger partial charge on any atom is 0.0949 e. The molecule has 0 radical (unpaired) electrons. The molecule has 0 fully saturated rings. The molecular weight excluding hydrogens is 246 g/mol. The fraction of sp³-hybridized carbons (Fsp3) is 0. The molecule has 1 aliphatic heterocycles. The Morgan fingerprint density at radius 1 is 0.900 bits per heavy atom. The fourth-order valence-electron chi connectivity index (χ4n) is 2.06. The van der Waals surface area contributed by atoms with Gasteiger partial charge in [-0.3, -0.25) is 5.43 Å². The number of hydrazone groups is 1. The van der Waals surface area contributed by atoms with Gasteiger partial charge in [-0.2, -0.15) is 10.2 Å². The summed E-state index contributed by atoms with van der Waals surface area (Å²) in [5, 5.41) is 6.12. The molecule has 1 aliphatic rings. The third-order valence-electron chi connectivity index (χ3n) is 3.06. The van der Waals surface area contributed by atoms with Crippen molar-refractivity contribution in [2.75, 3.05) is 0 Å². The van der Waals surface area contributed by atoms with Crippen LogP contribution in [0, 0.1) is 0 Å². The molecule has 0 bridgehead atoms. The maximum atomic E-state index is 4.49. The van der Waals surface area contributed by atoms with Gasteiger partial charge in [-0.15, -0.1) is 0 Å². The molecule has 0 saturated carbocycles. The summed E-state index contributed by atoms with van der Waals surface area (Å²) in [5.41, 5.74) is 7.30. The summed E-state index contributed by atoms with van der Waals surface area (Å²) >= 11 is 0. The molecule has 0 amide bonds. The van der Waals surface area contributed by atoms with E-state index in [-0.39, 0.29) is 0 Å². The monoisotopic (exact) mass is 261 g/mol. The Morgan fingerprint density at radius 2 is 1.50 bits per heavy atom. The molecule has 0 unspecified atom stereocenters. The molecule has 2 aromatic carbocycles. The highest BCUT2D eigenvalue weighted by molar-refractivity contribution is 6.12. The number of rotatable bonds is 3. The summed E-state index contributed by atoms with van der Waals surface area (Å²) in [7, 11) is 0. The average Bonchev–Trinajstić information content (AvgIpc) is 2.56. The number of nitrogens with one attached hydrogen (secondary N) is 1. The minimum absolute atomic E-state index is 0.906. The van der Waals surface area contributed by atoms with Gasteiger partial charge in [-0.25, -0.2) is 0 Å². The van der Waals surface area contributed by atoms with Crippen LogP contribution in [0.2, 0.25) is 0 Å². The Morgan fingerprint density at radius 3 is 2.10 bits per heavy atom. The van der Waals surface area contributed by atoms with E-state index in [1.165, 1.54) is 0 Å². The second-order valence-corrected chi connectivity index (χ2v) is 4.41. The molecule has 2 aromatic rings. The number of allylic oxidation sites excluding steroid dienone is 1. The van der Waals surface area contributed by atoms with E-state index in [4.69, 9.17) is 0 Å². The first-order chi connectivity index (χ1) is 9.86. The summed E-state index contributed by atoms with van der Waals surface area (Å²) in [6, 6.07) is 20.3. The second kappa shape index (κ2) is 5.45. The van der Waals surface area contributed by atoms with Gasteiger partial charge in [0.2, 0.25) is 0 Å². The van der Waals surface area contributed by atoms with E-state index >= 15 is 0 Å². The third kappa shape index (κ3) is 2.47. The Kier molecular flexibility index (Phi) is 3.33. The topological polar surface area (TPSA) is 27.6 Å². The summed E-state index contributed by atoms with van der Waals surface area (Å²) < 4.78 is 0. The van der Waals surface area contributed by atoms with Crippen molar-refractivity contribution in [1.82, 2.24) is 10.5 Å². The summed E-state index contributed by atoms with van der Waals surface area (Å²) in [6.45, 7) is 3.77. The summed E-state index contributed by atoms with van der Waals surface area (Å²) in [6.07, 6.45) is 3.70. The third-order valence-corrected chi connectivity index (χ3v) is 3.06. The normalized spacial score (nSPS) is 14.1. The number of hydrogen-bond donors (Lipinski definition) is 1. The van der Waals surface area contributed by atoms with Crippen LogP contribution in [0.1, 0.15) is 11.1 Å². The lowest BCUT2D eigenvalue weighted by molar-refractivity contribution is 0.341. The van der Waals surface area contributed by atoms with E-state index in [0.29, 0.717) is 0 Å². The SMILES string of the molecule is C=CN1N=C(c2ccccc2)C=C(c2ccccc2)N1. The lowest BCUT2D eigenvalue weighted by atomic mass is 10.1. The molecule has 3 nitrogen and oxygen atoms in total. The zero-order valence-corrected chi connectivity index (χ0v) is 11.0. The van der Waals surface area contributed by atoms with Gasteiger partial charge in [0.15, 0.2) is 0 Å². The predicted octanol–water partition coefficient (Wildman–Crippen LogP) is 3.40. The molecule has 0 saturated heterocycles. The predicted molar refractivity (Wildman–Crippen MR) is 82.6 cm³/mol. The highest BCUT2D eigenvalue weighted by Crippen LogP contribution is 2.18. The van der Waals surface area contributed by atoms with E-state index in [0.717, 1.165) is 22.5 Å². The van der Waals surface area contributed by atoms with Crippen molar-refractivity contribution in [3.8, 4) is 0 Å². The maximum absolute atomic E-state index is 4.49. The van der Waals surface area contributed by atoms with Crippen molar-refractivity contribution in [2.45, 2.75) is 0 Å². The summed E-state index contributed by atoms with van der Waals surface area (Å²) in [4.78, 5) is 0. The molecule has 3 rings (SSSR count). The van der Waals surface area contributed by atoms with Gasteiger partial charge in [0, 0.05) is 11.8 Å². The smallest absolute Gasteiger partial charge is 0.0949 e. The molecule has 0 spiro atoms. The van der Waals surface area contributed by atoms with E-state index in [2.05, 4.69) is 29.2 Å². The largest absolute Gasteiger partial charge is 0.278 e. The molecule has 0 atom stereocenters. The Bertz CT molecular complexity index is 657. The highest BCUT2D eigenvalue weighted by atomic mass is 15.7. The fourth-order valence-corrected chi connectivity index (χ4v) is 2.06. The van der Waals surface area contributed by atoms with Crippen molar-refractivity contribution >= 4 is 11.4 Å². The van der Waals surface area contributed by atoms with Gasteiger partial charge in [0.25, 0.3) is 0 Å². The molecule has 0 aromatic heterocycles. The average molecular weight is 261 g/mol. The van der Waals surface area contributed by atoms with Gasteiger partial charge in [0.1, 0.15) is 0 Å². The molecule has 0 aliphatic carbocycles. The Hall–Kier alpha value is -2.81. The minimum Gasteiger partial charge on any atom is -0.278 e. The quantitative estimate of drug-likeness (QED) is 0.917. The molecule has 1 heterocycles. The van der Waals surface area contributed by atoms with Gasteiger partial charge < -0.3 is 0 Å². The van der Waals surface area contributed by atoms with E-state index in [9.17, 15) is 0 Å². The van der Waals surface area contributed by atoms with Crippen molar-refractivity contribution in [3.05, 3.63) is 90.6 Å². The van der Waals surface area contributed by atoms with Crippen LogP contribution in [-0.2, 0) is 0 Å². The Balaban J connectivity index is 2.02. The number of nitrogens with zero attached hydrogens (tertiary/aromatic N) is 2. The van der Waals surface area contributed by atoms with Crippen LogP contribution >= 0.6 is 0 Å². The van der Waals surface area contributed by atoms with Crippen LogP contribution in [0.5, 0.6) is 0 Å². The zero-order chi connectivity index (χ0) is 13.8. The summed E-state index contributed by atoms with van der Waals surface area (Å²) in [5.74, 6) is 0. The molecule has 98 valence electrons. The van der Waals surface area contributed by atoms with Crippen LogP contribution in [0.25, 0.3) is 5.70 Å². The van der Waals surface area contributed by atoms with Gasteiger partial charge in [-0.1, -0.05) is 67.2 Å². The minimum atomic E-state index is 0.906. The van der Waals surface area contributed by atoms with Crippen molar-refractivity contribution < 1.29 is 0 Å². The number of benzene rings is 2. The van der Waals surface area contributed by atoms with Crippen LogP contribution in [0.15, 0.2) is 84.6 Å². The first-order valence-electron chi connectivity index (χ1n) is 6.46. The second-order valence-electron chi connectivity index (χ2n) is 4.41. The lowest BCUT2D eigenvalue weighted by Crippen LogP contribution is -2.32. The van der Waals surface area contributed by atoms with Crippen LogP contribution < -0.4 is 5.43 Å². The van der Waals surface area contributed by atoms with Crippen molar-refractivity contribution in [3.63, 3.8) is 0 Å². The van der Waals surface area contributed by atoms with E-state index in [1.807, 2.05) is 54.6 Å². The first kappa shape index (κ1) is 12.2. The number of hydrogen-bond acceptors (Lipinski definition) is 3. The van der Waals surface area contributed by atoms with Crippen LogP contribution in [0.3, 0.4) is 0 Å². The van der Waals surface area contributed by atoms with Crippen molar-refractivity contribution in [2.24, 2.45) is 5.10 Å². The molecule has 3 heteroatoms. The Labute approximate surface area is 118 Å². The van der Waals surface area contributed by atoms with Crippen molar-refractivity contribution in [1.29, 1.82) is 0 Å². The van der Waals surface area contributed by atoms with Gasteiger partial charge >= 0.3 is 0 Å². The van der Waals surface area contributed by atoms with Gasteiger partial charge in [-0.05, 0) is 11.6 Å². The highest BCUT2D eigenvalue weighted by Gasteiger charge is 2.13. The van der Waals surface area contributed by atoms with E-state index < -0.39 is 0 Å². The zero-order valence-electron chi connectivity index (χ0n) is 11.0. The van der Waals surface area contributed by atoms with Crippen LogP contribution in [0.4, 0.5) is 0 Å². The van der Waals surface area contributed by atoms with E-state index in [1.54, 1.807) is 11.3 Å². The first-order valence-corrected chi connectivity index (χ1v) is 6.46. The standard InChI is InChI=1S/C17H15N3/c1-2-20-18-16(14-9-5-3-6-10-14)13-17(19-20)15-11-7-4-8-12-15/h2-13,18H,1H2. The molecule has 20 heavy (non-hydrogen) atoms. The van der Waals surface area contributed by atoms with Gasteiger partial charge in [0.05, 0.1) is 11.4 Å². The molecule has 1 N–H and O–H groups in total. The van der Waals surface area contributed by atoms with Crippen LogP contribution in [-0.4, -0.2) is 10.8 Å². The number of hydrazine groups is 1.